The standard InChI is InChI=1S/C22H27N3O2/c26-21(23-14-18-13-16-9-10-17(18)12-16)8-2-1-5-11-25-15-24-20-7-4-3-6-19(20)22(25)27/h3-4,6-7,9-10,15-18H,1-2,5,8,11-14H2,(H,23,26)/t16-,17+,18+/m1/s1. The van der Waals surface area contributed by atoms with Crippen LogP contribution in [-0.2, 0) is 11.3 Å². The molecule has 0 aliphatic heterocycles. The lowest BCUT2D eigenvalue weighted by Gasteiger charge is -2.18. The Hall–Kier alpha value is -2.43. The zero-order valence-corrected chi connectivity index (χ0v) is 15.6. The summed E-state index contributed by atoms with van der Waals surface area (Å²) in [6.45, 7) is 1.47. The van der Waals surface area contributed by atoms with Crippen LogP contribution in [0.15, 0.2) is 47.5 Å². The molecule has 2 bridgehead atoms. The molecule has 0 spiro atoms. The molecule has 2 aliphatic rings. The molecule has 1 amide bonds. The molecular formula is C22H27N3O2. The lowest BCUT2D eigenvalue weighted by Crippen LogP contribution is -2.30. The molecule has 5 nitrogen and oxygen atoms in total. The van der Waals surface area contributed by atoms with Gasteiger partial charge in [-0.1, -0.05) is 30.7 Å². The number of hydrogen-bond acceptors (Lipinski definition) is 3. The molecule has 0 saturated heterocycles. The minimum absolute atomic E-state index is 0.0123. The number of rotatable bonds is 8. The molecule has 0 unspecified atom stereocenters. The third-order valence-electron chi connectivity index (χ3n) is 6.01. The van der Waals surface area contributed by atoms with Gasteiger partial charge in [0.05, 0.1) is 17.2 Å². The van der Waals surface area contributed by atoms with Crippen LogP contribution in [0, 0.1) is 17.8 Å². The summed E-state index contributed by atoms with van der Waals surface area (Å²) in [5, 5.41) is 3.77. The van der Waals surface area contributed by atoms with E-state index in [4.69, 9.17) is 0 Å². The molecule has 1 fully saturated rings. The van der Waals surface area contributed by atoms with Crippen LogP contribution in [0.4, 0.5) is 0 Å². The van der Waals surface area contributed by atoms with Crippen molar-refractivity contribution in [3.05, 3.63) is 53.1 Å². The Labute approximate surface area is 159 Å². The fourth-order valence-electron chi connectivity index (χ4n) is 4.47. The number of nitrogens with one attached hydrogen (secondary N) is 1. The minimum atomic E-state index is 0.0123. The second-order valence-electron chi connectivity index (χ2n) is 7.92. The van der Waals surface area contributed by atoms with E-state index in [0.717, 1.165) is 37.2 Å². The first-order valence-corrected chi connectivity index (χ1v) is 10.1. The van der Waals surface area contributed by atoms with Crippen molar-refractivity contribution in [2.75, 3.05) is 6.54 Å². The number of aromatic nitrogens is 2. The fraction of sp³-hybridized carbons (Fsp3) is 0.500. The fourth-order valence-corrected chi connectivity index (χ4v) is 4.47. The molecule has 1 N–H and O–H groups in total. The smallest absolute Gasteiger partial charge is 0.261 e. The highest BCUT2D eigenvalue weighted by Gasteiger charge is 2.35. The van der Waals surface area contributed by atoms with Gasteiger partial charge in [0, 0.05) is 19.5 Å². The molecule has 2 aromatic rings. The van der Waals surface area contributed by atoms with Crippen LogP contribution in [0.3, 0.4) is 0 Å². The van der Waals surface area contributed by atoms with Crippen LogP contribution < -0.4 is 10.9 Å². The topological polar surface area (TPSA) is 64.0 Å². The second kappa shape index (κ2) is 8.07. The zero-order valence-electron chi connectivity index (χ0n) is 15.6. The number of para-hydroxylation sites is 1. The molecule has 4 rings (SSSR count). The summed E-state index contributed by atoms with van der Waals surface area (Å²) >= 11 is 0. The Morgan fingerprint density at radius 1 is 1.15 bits per heavy atom. The molecule has 0 radical (unpaired) electrons. The predicted octanol–water partition coefficient (Wildman–Crippen LogP) is 3.29. The van der Waals surface area contributed by atoms with E-state index >= 15 is 0 Å². The molecule has 1 aromatic carbocycles. The average Bonchev–Trinajstić information content (AvgIpc) is 3.31. The molecule has 1 heterocycles. The van der Waals surface area contributed by atoms with Crippen molar-refractivity contribution in [3.63, 3.8) is 0 Å². The first kappa shape index (κ1) is 18.0. The number of amides is 1. The summed E-state index contributed by atoms with van der Waals surface area (Å²) in [5.74, 6) is 2.23. The number of hydrogen-bond donors (Lipinski definition) is 1. The molecule has 1 aromatic heterocycles. The number of aryl methyl sites for hydroxylation is 1. The first-order chi connectivity index (χ1) is 13.2. The van der Waals surface area contributed by atoms with Gasteiger partial charge in [0.1, 0.15) is 0 Å². The van der Waals surface area contributed by atoms with Gasteiger partial charge < -0.3 is 5.32 Å². The normalized spacial score (nSPS) is 23.2. The van der Waals surface area contributed by atoms with E-state index in [9.17, 15) is 9.59 Å². The summed E-state index contributed by atoms with van der Waals surface area (Å²) in [6, 6.07) is 7.42. The predicted molar refractivity (Wildman–Crippen MR) is 106 cm³/mol. The van der Waals surface area contributed by atoms with E-state index in [1.54, 1.807) is 10.9 Å². The Bertz CT molecular complexity index is 902. The average molecular weight is 365 g/mol. The van der Waals surface area contributed by atoms with Gasteiger partial charge in [-0.3, -0.25) is 14.2 Å². The number of allylic oxidation sites excluding steroid dienone is 2. The van der Waals surface area contributed by atoms with Crippen LogP contribution in [0.5, 0.6) is 0 Å². The Morgan fingerprint density at radius 3 is 2.85 bits per heavy atom. The Balaban J connectivity index is 1.15. The van der Waals surface area contributed by atoms with Crippen molar-refractivity contribution in [2.24, 2.45) is 17.8 Å². The van der Waals surface area contributed by atoms with Gasteiger partial charge in [-0.05, 0) is 55.6 Å². The van der Waals surface area contributed by atoms with E-state index < -0.39 is 0 Å². The molecule has 1 saturated carbocycles. The van der Waals surface area contributed by atoms with Gasteiger partial charge in [0.15, 0.2) is 0 Å². The van der Waals surface area contributed by atoms with Gasteiger partial charge in [-0.25, -0.2) is 4.98 Å². The third kappa shape index (κ3) is 4.12. The van der Waals surface area contributed by atoms with Crippen LogP contribution in [0.25, 0.3) is 10.9 Å². The zero-order chi connectivity index (χ0) is 18.6. The lowest BCUT2D eigenvalue weighted by molar-refractivity contribution is -0.121. The van der Waals surface area contributed by atoms with E-state index in [1.165, 1.54) is 12.8 Å². The molecule has 27 heavy (non-hydrogen) atoms. The number of unbranched alkanes of at least 4 members (excludes halogenated alkanes) is 2. The summed E-state index contributed by atoms with van der Waals surface area (Å²) in [7, 11) is 0. The maximum atomic E-state index is 12.4. The van der Waals surface area contributed by atoms with Crippen molar-refractivity contribution in [2.45, 2.75) is 45.1 Å². The van der Waals surface area contributed by atoms with Gasteiger partial charge in [0.25, 0.3) is 5.56 Å². The van der Waals surface area contributed by atoms with Crippen molar-refractivity contribution < 1.29 is 4.79 Å². The van der Waals surface area contributed by atoms with Crippen LogP contribution in [0.2, 0.25) is 0 Å². The number of nitrogens with zero attached hydrogens (tertiary/aromatic N) is 2. The highest BCUT2D eigenvalue weighted by Crippen LogP contribution is 2.42. The number of fused-ring (bicyclic) bond motifs is 3. The largest absolute Gasteiger partial charge is 0.356 e. The summed E-state index contributed by atoms with van der Waals surface area (Å²) in [5.41, 5.74) is 0.750. The van der Waals surface area contributed by atoms with E-state index in [-0.39, 0.29) is 11.5 Å². The molecular weight excluding hydrogens is 338 g/mol. The maximum absolute atomic E-state index is 12.4. The minimum Gasteiger partial charge on any atom is -0.356 e. The lowest BCUT2D eigenvalue weighted by atomic mass is 9.93. The Kier molecular flexibility index (Phi) is 5.37. The molecule has 5 heteroatoms. The molecule has 142 valence electrons. The summed E-state index contributed by atoms with van der Waals surface area (Å²) in [6.07, 6.45) is 12.0. The van der Waals surface area contributed by atoms with Crippen molar-refractivity contribution in [3.8, 4) is 0 Å². The first-order valence-electron chi connectivity index (χ1n) is 10.1. The van der Waals surface area contributed by atoms with E-state index in [0.29, 0.717) is 30.2 Å². The number of carbonyl (C=O) groups excluding carboxylic acids is 1. The van der Waals surface area contributed by atoms with Gasteiger partial charge >= 0.3 is 0 Å². The van der Waals surface area contributed by atoms with Gasteiger partial charge in [-0.15, -0.1) is 0 Å². The van der Waals surface area contributed by atoms with Crippen LogP contribution in [0.1, 0.15) is 38.5 Å². The second-order valence-corrected chi connectivity index (χ2v) is 7.92. The highest BCUT2D eigenvalue weighted by molar-refractivity contribution is 5.77. The van der Waals surface area contributed by atoms with Crippen LogP contribution >= 0.6 is 0 Å². The van der Waals surface area contributed by atoms with Crippen molar-refractivity contribution >= 4 is 16.8 Å². The van der Waals surface area contributed by atoms with Gasteiger partial charge in [0.2, 0.25) is 5.91 Å². The van der Waals surface area contributed by atoms with E-state index in [2.05, 4.69) is 22.5 Å². The Morgan fingerprint density at radius 2 is 2.04 bits per heavy atom. The quantitative estimate of drug-likeness (QED) is 0.577. The molecule has 2 aliphatic carbocycles. The van der Waals surface area contributed by atoms with Crippen molar-refractivity contribution in [1.29, 1.82) is 0 Å². The number of carbonyl (C=O) groups is 1. The summed E-state index contributed by atoms with van der Waals surface area (Å²) in [4.78, 5) is 28.8. The summed E-state index contributed by atoms with van der Waals surface area (Å²) < 4.78 is 1.67. The maximum Gasteiger partial charge on any atom is 0.261 e. The van der Waals surface area contributed by atoms with E-state index in [1.807, 2.05) is 24.3 Å². The molecule has 3 atom stereocenters. The number of benzene rings is 1. The highest BCUT2D eigenvalue weighted by atomic mass is 16.1. The third-order valence-corrected chi connectivity index (χ3v) is 6.01. The SMILES string of the molecule is O=C(CCCCCn1cnc2ccccc2c1=O)NC[C@@H]1C[C@@H]2C=C[C@H]1C2. The van der Waals surface area contributed by atoms with Crippen LogP contribution in [-0.4, -0.2) is 22.0 Å². The monoisotopic (exact) mass is 365 g/mol. The van der Waals surface area contributed by atoms with Crippen molar-refractivity contribution in [1.82, 2.24) is 14.9 Å². The van der Waals surface area contributed by atoms with Gasteiger partial charge in [-0.2, -0.15) is 0 Å².